The Kier molecular flexibility index (Phi) is 3.24. The molecule has 1 heteroatoms. The summed E-state index contributed by atoms with van der Waals surface area (Å²) < 4.78 is 0. The van der Waals surface area contributed by atoms with Crippen molar-refractivity contribution in [1.29, 1.82) is 0 Å². The van der Waals surface area contributed by atoms with Gasteiger partial charge in [-0.2, -0.15) is 0 Å². The zero-order valence-corrected chi connectivity index (χ0v) is 15.3. The fraction of sp³-hybridized carbons (Fsp3) is 0. The fourth-order valence-electron chi connectivity index (χ4n) is 4.35. The van der Waals surface area contributed by atoms with Gasteiger partial charge in [-0.05, 0) is 55.6 Å². The van der Waals surface area contributed by atoms with E-state index in [0.717, 1.165) is 5.69 Å². The fourth-order valence-corrected chi connectivity index (χ4v) is 4.35. The molecule has 1 aromatic heterocycles. The van der Waals surface area contributed by atoms with Crippen LogP contribution in [0.1, 0.15) is 0 Å². The summed E-state index contributed by atoms with van der Waals surface area (Å²) in [5.74, 6) is 0. The molecular formula is C27H17N. The quantitative estimate of drug-likeness (QED) is 0.297. The summed E-state index contributed by atoms with van der Waals surface area (Å²) in [6, 6.07) is 34.6. The standard InChI is InChI=1S/C27H17N/c1-2-5-18(6-3-1)22-15-16-28-25(17-22)23-13-11-21-10-9-19-7-4-8-20-12-14-24(23)27(21)26(19)20/h1-17H. The van der Waals surface area contributed by atoms with Crippen LogP contribution in [0.5, 0.6) is 0 Å². The minimum atomic E-state index is 1.01. The Morgan fingerprint density at radius 1 is 0.500 bits per heavy atom. The van der Waals surface area contributed by atoms with Gasteiger partial charge in [-0.1, -0.05) is 84.9 Å². The van der Waals surface area contributed by atoms with Crippen molar-refractivity contribution in [2.45, 2.75) is 0 Å². The molecule has 5 aromatic carbocycles. The molecule has 6 rings (SSSR count). The van der Waals surface area contributed by atoms with E-state index in [9.17, 15) is 0 Å². The van der Waals surface area contributed by atoms with Gasteiger partial charge in [-0.15, -0.1) is 0 Å². The van der Waals surface area contributed by atoms with Crippen LogP contribution < -0.4 is 0 Å². The summed E-state index contributed by atoms with van der Waals surface area (Å²) in [7, 11) is 0. The highest BCUT2D eigenvalue weighted by atomic mass is 14.7. The number of nitrogens with zero attached hydrogens (tertiary/aromatic N) is 1. The van der Waals surface area contributed by atoms with Gasteiger partial charge in [0, 0.05) is 11.8 Å². The molecule has 28 heavy (non-hydrogen) atoms. The van der Waals surface area contributed by atoms with Gasteiger partial charge in [0.25, 0.3) is 0 Å². The van der Waals surface area contributed by atoms with E-state index in [-0.39, 0.29) is 0 Å². The molecular weight excluding hydrogens is 338 g/mol. The van der Waals surface area contributed by atoms with Crippen LogP contribution in [0.4, 0.5) is 0 Å². The van der Waals surface area contributed by atoms with E-state index in [4.69, 9.17) is 4.98 Å². The lowest BCUT2D eigenvalue weighted by Gasteiger charge is -2.14. The van der Waals surface area contributed by atoms with Crippen LogP contribution in [-0.4, -0.2) is 4.98 Å². The molecule has 0 N–H and O–H groups in total. The van der Waals surface area contributed by atoms with Gasteiger partial charge in [0.1, 0.15) is 0 Å². The Balaban J connectivity index is 1.65. The van der Waals surface area contributed by atoms with E-state index in [1.54, 1.807) is 0 Å². The van der Waals surface area contributed by atoms with Crippen molar-refractivity contribution in [3.8, 4) is 22.4 Å². The van der Waals surface area contributed by atoms with Gasteiger partial charge >= 0.3 is 0 Å². The van der Waals surface area contributed by atoms with Gasteiger partial charge in [-0.25, -0.2) is 0 Å². The first kappa shape index (κ1) is 15.4. The molecule has 0 bridgehead atoms. The Bertz CT molecular complexity index is 1430. The lowest BCUT2D eigenvalue weighted by Crippen LogP contribution is -1.89. The number of rotatable bonds is 2. The maximum Gasteiger partial charge on any atom is 0.0714 e. The average Bonchev–Trinajstić information content (AvgIpc) is 2.78. The van der Waals surface area contributed by atoms with Crippen molar-refractivity contribution in [1.82, 2.24) is 4.98 Å². The summed E-state index contributed by atoms with van der Waals surface area (Å²) in [5.41, 5.74) is 4.60. The smallest absolute Gasteiger partial charge is 0.0714 e. The summed E-state index contributed by atoms with van der Waals surface area (Å²) in [6.07, 6.45) is 1.91. The minimum absolute atomic E-state index is 1.01. The third-order valence-corrected chi connectivity index (χ3v) is 5.67. The van der Waals surface area contributed by atoms with E-state index >= 15 is 0 Å². The van der Waals surface area contributed by atoms with Crippen LogP contribution in [-0.2, 0) is 0 Å². The zero-order valence-electron chi connectivity index (χ0n) is 15.3. The second-order valence-electron chi connectivity index (χ2n) is 7.26. The predicted molar refractivity (Wildman–Crippen MR) is 119 cm³/mol. The molecule has 0 aliphatic rings. The van der Waals surface area contributed by atoms with Crippen molar-refractivity contribution in [2.24, 2.45) is 0 Å². The number of hydrogen-bond acceptors (Lipinski definition) is 1. The van der Waals surface area contributed by atoms with E-state index < -0.39 is 0 Å². The molecule has 0 spiro atoms. The topological polar surface area (TPSA) is 12.9 Å². The highest BCUT2D eigenvalue weighted by Gasteiger charge is 2.12. The molecule has 0 atom stereocenters. The van der Waals surface area contributed by atoms with E-state index in [0.29, 0.717) is 0 Å². The summed E-state index contributed by atoms with van der Waals surface area (Å²) in [6.45, 7) is 0. The molecule has 1 heterocycles. The van der Waals surface area contributed by atoms with Crippen molar-refractivity contribution >= 4 is 32.3 Å². The second-order valence-corrected chi connectivity index (χ2v) is 7.26. The number of pyridine rings is 1. The normalized spacial score (nSPS) is 11.6. The predicted octanol–water partition coefficient (Wildman–Crippen LogP) is 7.31. The monoisotopic (exact) mass is 355 g/mol. The van der Waals surface area contributed by atoms with Crippen molar-refractivity contribution < 1.29 is 0 Å². The summed E-state index contributed by atoms with van der Waals surface area (Å²) >= 11 is 0. The highest BCUT2D eigenvalue weighted by molar-refractivity contribution is 6.25. The van der Waals surface area contributed by atoms with Gasteiger partial charge < -0.3 is 0 Å². The Hall–Kier alpha value is -3.71. The van der Waals surface area contributed by atoms with Crippen molar-refractivity contribution in [2.75, 3.05) is 0 Å². The van der Waals surface area contributed by atoms with Gasteiger partial charge in [0.2, 0.25) is 0 Å². The molecule has 130 valence electrons. The van der Waals surface area contributed by atoms with Crippen LogP contribution in [0.25, 0.3) is 54.7 Å². The van der Waals surface area contributed by atoms with E-state index in [1.807, 2.05) is 12.3 Å². The minimum Gasteiger partial charge on any atom is -0.256 e. The maximum atomic E-state index is 4.72. The Morgan fingerprint density at radius 3 is 2.04 bits per heavy atom. The molecule has 0 saturated carbocycles. The van der Waals surface area contributed by atoms with Crippen molar-refractivity contribution in [3.63, 3.8) is 0 Å². The molecule has 0 saturated heterocycles. The molecule has 0 fully saturated rings. The van der Waals surface area contributed by atoms with Crippen LogP contribution in [0, 0.1) is 0 Å². The summed E-state index contributed by atoms with van der Waals surface area (Å²) in [4.78, 5) is 4.72. The Labute approximate surface area is 163 Å². The molecule has 0 aliphatic carbocycles. The second kappa shape index (κ2) is 5.90. The van der Waals surface area contributed by atoms with Gasteiger partial charge in [-0.3, -0.25) is 4.98 Å². The highest BCUT2D eigenvalue weighted by Crippen LogP contribution is 2.39. The molecule has 0 unspecified atom stereocenters. The Morgan fingerprint density at radius 2 is 1.21 bits per heavy atom. The average molecular weight is 355 g/mol. The third-order valence-electron chi connectivity index (χ3n) is 5.67. The third kappa shape index (κ3) is 2.23. The van der Waals surface area contributed by atoms with Gasteiger partial charge in [0.05, 0.1) is 5.69 Å². The number of hydrogen-bond donors (Lipinski definition) is 0. The summed E-state index contributed by atoms with van der Waals surface area (Å²) in [5, 5.41) is 7.80. The molecule has 0 amide bonds. The van der Waals surface area contributed by atoms with Crippen molar-refractivity contribution in [3.05, 3.63) is 103 Å². The molecule has 0 aliphatic heterocycles. The lowest BCUT2D eigenvalue weighted by molar-refractivity contribution is 1.33. The van der Waals surface area contributed by atoms with Crippen LogP contribution >= 0.6 is 0 Å². The largest absolute Gasteiger partial charge is 0.256 e. The van der Waals surface area contributed by atoms with E-state index in [2.05, 4.69) is 91.0 Å². The van der Waals surface area contributed by atoms with Crippen LogP contribution in [0.2, 0.25) is 0 Å². The zero-order chi connectivity index (χ0) is 18.5. The SMILES string of the molecule is c1ccc(-c2ccnc(-c3ccc4ccc5cccc6ccc3c4c56)c2)cc1. The van der Waals surface area contributed by atoms with Crippen LogP contribution in [0.15, 0.2) is 103 Å². The first-order chi connectivity index (χ1) is 13.9. The number of benzene rings is 5. The maximum absolute atomic E-state index is 4.72. The number of aromatic nitrogens is 1. The van der Waals surface area contributed by atoms with Crippen LogP contribution in [0.3, 0.4) is 0 Å². The lowest BCUT2D eigenvalue weighted by atomic mass is 9.90. The molecule has 0 radical (unpaired) electrons. The first-order valence-electron chi connectivity index (χ1n) is 9.57. The van der Waals surface area contributed by atoms with Gasteiger partial charge in [0.15, 0.2) is 0 Å². The van der Waals surface area contributed by atoms with E-state index in [1.165, 1.54) is 49.0 Å². The molecule has 1 nitrogen and oxygen atoms in total. The first-order valence-corrected chi connectivity index (χ1v) is 9.57. The molecule has 6 aromatic rings.